The van der Waals surface area contributed by atoms with Gasteiger partial charge in [-0.2, -0.15) is 0 Å². The Morgan fingerprint density at radius 2 is 1.68 bits per heavy atom. The van der Waals surface area contributed by atoms with Gasteiger partial charge in [0.1, 0.15) is 23.2 Å². The summed E-state index contributed by atoms with van der Waals surface area (Å²) >= 11 is 0. The molecule has 3 rings (SSSR count). The van der Waals surface area contributed by atoms with Gasteiger partial charge in [-0.25, -0.2) is 14.8 Å². The molecule has 0 spiro atoms. The standard InChI is InChI=1S/C21H29N5O2/c1-14-5-11-18(12-6-14)28-21(27)25-17-9-7-16(8-10-17)24-19-13-20(26(3)4)23-15(2)22-19/h5-6,11-13,16-17H,7-10H2,1-4H3,(H,25,27)(H,22,23,24). The van der Waals surface area contributed by atoms with Crippen molar-refractivity contribution in [2.24, 2.45) is 0 Å². The van der Waals surface area contributed by atoms with E-state index >= 15 is 0 Å². The molecular formula is C21H29N5O2. The van der Waals surface area contributed by atoms with Crippen LogP contribution in [0.5, 0.6) is 5.75 Å². The van der Waals surface area contributed by atoms with Crippen molar-refractivity contribution in [3.05, 3.63) is 41.7 Å². The Morgan fingerprint density at radius 3 is 2.32 bits per heavy atom. The first kappa shape index (κ1) is 19.9. The van der Waals surface area contributed by atoms with Crippen LogP contribution in [0.15, 0.2) is 30.3 Å². The van der Waals surface area contributed by atoms with Gasteiger partial charge < -0.3 is 20.3 Å². The van der Waals surface area contributed by atoms with E-state index in [2.05, 4.69) is 20.6 Å². The molecule has 0 saturated heterocycles. The monoisotopic (exact) mass is 383 g/mol. The molecule has 1 aliphatic rings. The van der Waals surface area contributed by atoms with Crippen LogP contribution in [0.3, 0.4) is 0 Å². The number of aromatic nitrogens is 2. The predicted molar refractivity (Wildman–Crippen MR) is 111 cm³/mol. The normalized spacial score (nSPS) is 19.0. The van der Waals surface area contributed by atoms with Crippen molar-refractivity contribution >= 4 is 17.7 Å². The van der Waals surface area contributed by atoms with Crippen molar-refractivity contribution in [3.63, 3.8) is 0 Å². The van der Waals surface area contributed by atoms with Crippen LogP contribution in [-0.4, -0.2) is 42.2 Å². The molecule has 1 aliphatic carbocycles. The number of carbonyl (C=O) groups excluding carboxylic acids is 1. The molecule has 0 aliphatic heterocycles. The third-order valence-electron chi connectivity index (χ3n) is 4.92. The van der Waals surface area contributed by atoms with E-state index in [0.717, 1.165) is 48.7 Å². The molecule has 1 aromatic heterocycles. The van der Waals surface area contributed by atoms with E-state index in [1.165, 1.54) is 0 Å². The molecule has 1 fully saturated rings. The Bertz CT molecular complexity index is 799. The fraction of sp³-hybridized carbons (Fsp3) is 0.476. The molecule has 150 valence electrons. The average molecular weight is 383 g/mol. The minimum absolute atomic E-state index is 0.139. The maximum absolute atomic E-state index is 12.1. The second-order valence-corrected chi connectivity index (χ2v) is 7.59. The van der Waals surface area contributed by atoms with Gasteiger partial charge in [0, 0.05) is 32.2 Å². The maximum atomic E-state index is 12.1. The van der Waals surface area contributed by atoms with Crippen molar-refractivity contribution in [2.45, 2.75) is 51.6 Å². The molecule has 0 radical (unpaired) electrons. The molecule has 1 aromatic carbocycles. The third kappa shape index (κ3) is 5.58. The summed E-state index contributed by atoms with van der Waals surface area (Å²) in [6.07, 6.45) is 3.37. The molecule has 0 bridgehead atoms. The van der Waals surface area contributed by atoms with Crippen LogP contribution in [0.2, 0.25) is 0 Å². The highest BCUT2D eigenvalue weighted by Crippen LogP contribution is 2.23. The number of aryl methyl sites for hydroxylation is 2. The number of benzene rings is 1. The van der Waals surface area contributed by atoms with E-state index in [1.54, 1.807) is 12.1 Å². The van der Waals surface area contributed by atoms with Crippen LogP contribution in [0.1, 0.15) is 37.1 Å². The molecule has 7 heteroatoms. The van der Waals surface area contributed by atoms with Gasteiger partial charge in [0.05, 0.1) is 0 Å². The van der Waals surface area contributed by atoms with Gasteiger partial charge in [-0.3, -0.25) is 0 Å². The molecule has 2 N–H and O–H groups in total. The lowest BCUT2D eigenvalue weighted by molar-refractivity contribution is 0.191. The van der Waals surface area contributed by atoms with Crippen LogP contribution < -0.4 is 20.3 Å². The summed E-state index contributed by atoms with van der Waals surface area (Å²) in [5.74, 6) is 3.06. The van der Waals surface area contributed by atoms with Crippen LogP contribution in [0.25, 0.3) is 0 Å². The molecule has 0 atom stereocenters. The van der Waals surface area contributed by atoms with Gasteiger partial charge in [0.2, 0.25) is 0 Å². The minimum atomic E-state index is -0.387. The Hall–Kier alpha value is -2.83. The van der Waals surface area contributed by atoms with Gasteiger partial charge in [-0.15, -0.1) is 0 Å². The lowest BCUT2D eigenvalue weighted by Crippen LogP contribution is -2.41. The minimum Gasteiger partial charge on any atom is -0.410 e. The molecule has 1 heterocycles. The highest BCUT2D eigenvalue weighted by atomic mass is 16.6. The number of hydrogen-bond acceptors (Lipinski definition) is 6. The first-order chi connectivity index (χ1) is 13.4. The summed E-state index contributed by atoms with van der Waals surface area (Å²) in [6.45, 7) is 3.90. The maximum Gasteiger partial charge on any atom is 0.412 e. The van der Waals surface area contributed by atoms with E-state index in [4.69, 9.17) is 4.74 Å². The Kier molecular flexibility index (Phi) is 6.34. The zero-order chi connectivity index (χ0) is 20.1. The van der Waals surface area contributed by atoms with Crippen LogP contribution in [0.4, 0.5) is 16.4 Å². The van der Waals surface area contributed by atoms with Crippen molar-refractivity contribution < 1.29 is 9.53 Å². The molecule has 1 saturated carbocycles. The Balaban J connectivity index is 1.46. The molecule has 2 aromatic rings. The van der Waals surface area contributed by atoms with Crippen molar-refractivity contribution in [1.82, 2.24) is 15.3 Å². The topological polar surface area (TPSA) is 79.4 Å². The molecule has 7 nitrogen and oxygen atoms in total. The van der Waals surface area contributed by atoms with E-state index in [0.29, 0.717) is 11.8 Å². The highest BCUT2D eigenvalue weighted by Gasteiger charge is 2.23. The van der Waals surface area contributed by atoms with E-state index < -0.39 is 0 Å². The van der Waals surface area contributed by atoms with E-state index in [1.807, 2.05) is 51.0 Å². The lowest BCUT2D eigenvalue weighted by atomic mass is 9.91. The summed E-state index contributed by atoms with van der Waals surface area (Å²) in [6, 6.07) is 9.92. The Labute approximate surface area is 166 Å². The van der Waals surface area contributed by atoms with Gasteiger partial charge in [0.15, 0.2) is 0 Å². The quantitative estimate of drug-likeness (QED) is 0.820. The van der Waals surface area contributed by atoms with Gasteiger partial charge in [0.25, 0.3) is 0 Å². The van der Waals surface area contributed by atoms with Crippen molar-refractivity contribution in [3.8, 4) is 5.75 Å². The summed E-state index contributed by atoms with van der Waals surface area (Å²) in [5, 5.41) is 6.49. The summed E-state index contributed by atoms with van der Waals surface area (Å²) in [4.78, 5) is 23.0. The smallest absolute Gasteiger partial charge is 0.410 e. The average Bonchev–Trinajstić information content (AvgIpc) is 2.65. The van der Waals surface area contributed by atoms with Crippen LogP contribution >= 0.6 is 0 Å². The number of ether oxygens (including phenoxy) is 1. The molecule has 28 heavy (non-hydrogen) atoms. The van der Waals surface area contributed by atoms with E-state index in [9.17, 15) is 4.79 Å². The highest BCUT2D eigenvalue weighted by molar-refractivity contribution is 5.70. The number of anilines is 2. The van der Waals surface area contributed by atoms with Crippen LogP contribution in [-0.2, 0) is 0 Å². The predicted octanol–water partition coefficient (Wildman–Crippen LogP) is 3.67. The molecular weight excluding hydrogens is 354 g/mol. The number of carbonyl (C=O) groups is 1. The fourth-order valence-electron chi connectivity index (χ4n) is 3.36. The second kappa shape index (κ2) is 8.91. The van der Waals surface area contributed by atoms with Crippen LogP contribution in [0, 0.1) is 13.8 Å². The SMILES string of the molecule is Cc1ccc(OC(=O)NC2CCC(Nc3cc(N(C)C)nc(C)n3)CC2)cc1. The number of amides is 1. The third-order valence-corrected chi connectivity index (χ3v) is 4.92. The van der Waals surface area contributed by atoms with Gasteiger partial charge in [-0.05, 0) is 51.7 Å². The fourth-order valence-corrected chi connectivity index (χ4v) is 3.36. The van der Waals surface area contributed by atoms with Gasteiger partial charge in [-0.1, -0.05) is 17.7 Å². The number of nitrogens with zero attached hydrogens (tertiary/aromatic N) is 3. The summed E-state index contributed by atoms with van der Waals surface area (Å²) in [7, 11) is 3.94. The molecule has 1 amide bonds. The van der Waals surface area contributed by atoms with E-state index in [-0.39, 0.29) is 12.1 Å². The number of nitrogens with one attached hydrogen (secondary N) is 2. The second-order valence-electron chi connectivity index (χ2n) is 7.59. The Morgan fingerprint density at radius 1 is 1.04 bits per heavy atom. The summed E-state index contributed by atoms with van der Waals surface area (Å²) in [5.41, 5.74) is 1.13. The van der Waals surface area contributed by atoms with Crippen molar-refractivity contribution in [1.29, 1.82) is 0 Å². The number of rotatable bonds is 5. The molecule has 0 unspecified atom stereocenters. The first-order valence-corrected chi connectivity index (χ1v) is 9.73. The van der Waals surface area contributed by atoms with Crippen molar-refractivity contribution in [2.75, 3.05) is 24.3 Å². The lowest BCUT2D eigenvalue weighted by Gasteiger charge is -2.30. The zero-order valence-corrected chi connectivity index (χ0v) is 17.0. The first-order valence-electron chi connectivity index (χ1n) is 9.73. The largest absolute Gasteiger partial charge is 0.412 e. The summed E-state index contributed by atoms with van der Waals surface area (Å²) < 4.78 is 5.36. The van der Waals surface area contributed by atoms with Gasteiger partial charge >= 0.3 is 6.09 Å². The zero-order valence-electron chi connectivity index (χ0n) is 17.0. The number of hydrogen-bond donors (Lipinski definition) is 2.